The van der Waals surface area contributed by atoms with Crippen molar-refractivity contribution in [1.29, 1.82) is 0 Å². The van der Waals surface area contributed by atoms with Gasteiger partial charge >= 0.3 is 0 Å². The van der Waals surface area contributed by atoms with Gasteiger partial charge in [0.2, 0.25) is 0 Å². The Hall–Kier alpha value is 0.492. The smallest absolute Gasteiger partial charge is 0.187 e. The van der Waals surface area contributed by atoms with E-state index >= 15 is 0 Å². The van der Waals surface area contributed by atoms with Gasteiger partial charge in [0.1, 0.15) is 6.29 Å². The lowest BCUT2D eigenvalue weighted by molar-refractivity contribution is -0.107. The zero-order valence-electron chi connectivity index (χ0n) is 4.19. The lowest BCUT2D eigenvalue weighted by Crippen LogP contribution is -1.76. The molecule has 0 aromatic carbocycles. The average Bonchev–Trinajstić information content (AvgIpc) is 1.69. The van der Waals surface area contributed by atoms with Gasteiger partial charge in [-0.2, -0.15) is 0 Å². The molecule has 0 aliphatic carbocycles. The van der Waals surface area contributed by atoms with Gasteiger partial charge in [0.05, 0.1) is 0 Å². The van der Waals surface area contributed by atoms with Gasteiger partial charge < -0.3 is 4.79 Å². The Morgan fingerprint density at radius 1 is 1.38 bits per heavy atom. The van der Waals surface area contributed by atoms with Crippen molar-refractivity contribution in [2.45, 2.75) is 19.3 Å². The number of carbonyl (C=O) groups excluding carboxylic acids is 1. The molecule has 0 aromatic rings. The summed E-state index contributed by atoms with van der Waals surface area (Å²) in [5.74, 6) is 0.674. The monoisotopic (exact) mass is 150 g/mol. The third kappa shape index (κ3) is 9.70. The summed E-state index contributed by atoms with van der Waals surface area (Å²) in [6, 6.07) is 0. The Kier molecular flexibility index (Phi) is 14.8. The van der Waals surface area contributed by atoms with Gasteiger partial charge in [-0.25, -0.2) is 0 Å². The van der Waals surface area contributed by atoms with Crippen molar-refractivity contribution in [2.24, 2.45) is 0 Å². The molecule has 0 radical (unpaired) electrons. The van der Waals surface area contributed by atoms with Crippen LogP contribution in [0.15, 0.2) is 0 Å². The molecule has 3 heteroatoms. The second-order valence-electron chi connectivity index (χ2n) is 1.35. The van der Waals surface area contributed by atoms with Crippen LogP contribution in [0.4, 0.5) is 0 Å². The Morgan fingerprint density at radius 2 is 2.00 bits per heavy atom. The predicted octanol–water partition coefficient (Wildman–Crippen LogP) is 0.410. The molecule has 0 aromatic heterocycles. The third-order valence-electron chi connectivity index (χ3n) is 0.706. The summed E-state index contributed by atoms with van der Waals surface area (Å²) in [6.07, 6.45) is 3.48. The molecule has 0 aliphatic rings. The largest absolute Gasteiger partial charge is 0.303 e. The molecule has 1 nitrogen and oxygen atoms in total. The molecule has 0 amide bonds. The first-order valence-corrected chi connectivity index (χ1v) is 2.95. The number of unbranched alkanes of at least 4 members (excludes halogenated alkanes) is 2. The number of halogens is 1. The van der Waals surface area contributed by atoms with Crippen molar-refractivity contribution in [3.63, 3.8) is 0 Å². The zero-order valence-corrected chi connectivity index (χ0v) is 4.95. The molecule has 48 valence electrons. The van der Waals surface area contributed by atoms with E-state index in [4.69, 9.17) is 11.6 Å². The van der Waals surface area contributed by atoms with E-state index in [-0.39, 0.29) is 17.4 Å². The highest BCUT2D eigenvalue weighted by Gasteiger charge is 1.81. The summed E-state index contributed by atoms with van der Waals surface area (Å²) >= 11 is 5.32. The molecule has 0 heterocycles. The van der Waals surface area contributed by atoms with E-state index in [0.29, 0.717) is 12.3 Å². The second-order valence-corrected chi connectivity index (χ2v) is 1.73. The Balaban J connectivity index is 0. The van der Waals surface area contributed by atoms with Gasteiger partial charge in [0.15, 0.2) is 17.4 Å². The maximum absolute atomic E-state index is 9.64. The molecule has 0 bridgehead atoms. The topological polar surface area (TPSA) is 17.1 Å². The first-order chi connectivity index (χ1) is 3.41. The highest BCUT2D eigenvalue weighted by atomic mass is 35.5. The Labute approximate surface area is 65.5 Å². The highest BCUT2D eigenvalue weighted by molar-refractivity contribution is 6.17. The first kappa shape index (κ1) is 11.3. The van der Waals surface area contributed by atoms with Gasteiger partial charge in [-0.15, -0.1) is 11.6 Å². The van der Waals surface area contributed by atoms with Crippen LogP contribution in [0.3, 0.4) is 0 Å². The predicted molar refractivity (Wildman–Crippen MR) is 40.6 cm³/mol. The van der Waals surface area contributed by atoms with E-state index in [1.54, 1.807) is 0 Å². The lowest BCUT2D eigenvalue weighted by atomic mass is 10.3. The van der Waals surface area contributed by atoms with Gasteiger partial charge in [-0.05, 0) is 12.8 Å². The summed E-state index contributed by atoms with van der Waals surface area (Å²) in [4.78, 5) is 9.64. The van der Waals surface area contributed by atoms with E-state index in [1.165, 1.54) is 0 Å². The van der Waals surface area contributed by atoms with Gasteiger partial charge in [0.25, 0.3) is 0 Å². The van der Waals surface area contributed by atoms with E-state index in [2.05, 4.69) is 0 Å². The van der Waals surface area contributed by atoms with Crippen molar-refractivity contribution < 1.29 is 4.79 Å². The normalized spacial score (nSPS) is 7.62. The molecule has 0 atom stereocenters. The zero-order chi connectivity index (χ0) is 5.54. The number of alkyl halides is 1. The van der Waals surface area contributed by atoms with Crippen molar-refractivity contribution >= 4 is 35.2 Å². The minimum atomic E-state index is 0. The van der Waals surface area contributed by atoms with E-state index in [0.717, 1.165) is 19.1 Å². The number of hydrogen-bond donors (Lipinski definition) is 0. The summed E-state index contributed by atoms with van der Waals surface area (Å²) in [5.41, 5.74) is 0. The third-order valence-corrected chi connectivity index (χ3v) is 0.973. The number of hydrogen-bond acceptors (Lipinski definition) is 1. The quantitative estimate of drug-likeness (QED) is 0.246. The fourth-order valence-corrected chi connectivity index (χ4v) is 0.511. The summed E-state index contributed by atoms with van der Waals surface area (Å²) in [5, 5.41) is 0. The van der Waals surface area contributed by atoms with Gasteiger partial charge in [-0.1, -0.05) is 0 Å². The molecule has 8 heavy (non-hydrogen) atoms. The molecule has 0 spiro atoms. The maximum Gasteiger partial charge on any atom is 0.187 e. The SMILES string of the molecule is O=CCCCCCl.[AlH3]. The van der Waals surface area contributed by atoms with Gasteiger partial charge in [-0.3, -0.25) is 0 Å². The molecule has 0 aliphatic heterocycles. The molecule has 0 fully saturated rings. The van der Waals surface area contributed by atoms with Crippen LogP contribution in [0, 0.1) is 0 Å². The fraction of sp³-hybridized carbons (Fsp3) is 0.800. The minimum absolute atomic E-state index is 0. The molecule has 0 unspecified atom stereocenters. The molecular formula is C5H12AlClO. The van der Waals surface area contributed by atoms with Crippen molar-refractivity contribution in [1.82, 2.24) is 0 Å². The maximum atomic E-state index is 9.64. The number of rotatable bonds is 4. The Morgan fingerprint density at radius 3 is 2.38 bits per heavy atom. The number of carbonyl (C=O) groups is 1. The molecule has 0 N–H and O–H groups in total. The van der Waals surface area contributed by atoms with Crippen LogP contribution < -0.4 is 0 Å². The van der Waals surface area contributed by atoms with Crippen LogP contribution in [0.1, 0.15) is 19.3 Å². The highest BCUT2D eigenvalue weighted by Crippen LogP contribution is 1.92. The summed E-state index contributed by atoms with van der Waals surface area (Å²) in [6.45, 7) is 0. The standard InChI is InChI=1S/C5H9ClO.Al.3H/c6-4-2-1-3-5-7;;;;/h5H,1-4H2;;;;. The lowest BCUT2D eigenvalue weighted by Gasteiger charge is -1.84. The van der Waals surface area contributed by atoms with Crippen molar-refractivity contribution in [2.75, 3.05) is 5.88 Å². The van der Waals surface area contributed by atoms with Crippen molar-refractivity contribution in [3.8, 4) is 0 Å². The van der Waals surface area contributed by atoms with Gasteiger partial charge in [0, 0.05) is 12.3 Å². The molecule has 0 saturated carbocycles. The summed E-state index contributed by atoms with van der Waals surface area (Å²) in [7, 11) is 0. The average molecular weight is 151 g/mol. The van der Waals surface area contributed by atoms with E-state index in [9.17, 15) is 4.79 Å². The first-order valence-electron chi connectivity index (χ1n) is 2.41. The van der Waals surface area contributed by atoms with E-state index in [1.807, 2.05) is 0 Å². The van der Waals surface area contributed by atoms with Crippen LogP contribution in [0.5, 0.6) is 0 Å². The van der Waals surface area contributed by atoms with Crippen LogP contribution in [0.25, 0.3) is 0 Å². The van der Waals surface area contributed by atoms with Crippen LogP contribution in [-0.2, 0) is 4.79 Å². The Bertz CT molecular complexity index is 49.7. The second kappa shape index (κ2) is 10.5. The van der Waals surface area contributed by atoms with Crippen LogP contribution in [-0.4, -0.2) is 29.5 Å². The van der Waals surface area contributed by atoms with Crippen molar-refractivity contribution in [3.05, 3.63) is 0 Å². The number of aldehydes is 1. The van der Waals surface area contributed by atoms with Crippen LogP contribution >= 0.6 is 11.6 Å². The molecule has 0 saturated heterocycles. The summed E-state index contributed by atoms with van der Waals surface area (Å²) < 4.78 is 0. The molecule has 0 rings (SSSR count). The van der Waals surface area contributed by atoms with E-state index < -0.39 is 0 Å². The fourth-order valence-electron chi connectivity index (χ4n) is 0.322. The minimum Gasteiger partial charge on any atom is -0.303 e. The van der Waals surface area contributed by atoms with Crippen LogP contribution in [0.2, 0.25) is 0 Å². The molecular weight excluding hydrogens is 138 g/mol.